The van der Waals surface area contributed by atoms with E-state index in [1.807, 2.05) is 14.1 Å². The SMILES string of the molecule is CN(C)C[C@H]1CN(C[C@H](O)c2cccc(F)c2)CCO1. The van der Waals surface area contributed by atoms with Gasteiger partial charge in [-0.2, -0.15) is 0 Å². The number of nitrogens with zero attached hydrogens (tertiary/aromatic N) is 2. The second-order valence-corrected chi connectivity index (χ2v) is 5.59. The van der Waals surface area contributed by atoms with Crippen molar-refractivity contribution in [2.24, 2.45) is 0 Å². The predicted octanol–water partition coefficient (Wildman–Crippen LogP) is 1.12. The summed E-state index contributed by atoms with van der Waals surface area (Å²) in [5.41, 5.74) is 0.626. The molecule has 4 nitrogen and oxygen atoms in total. The third kappa shape index (κ3) is 4.52. The van der Waals surface area contributed by atoms with Crippen molar-refractivity contribution in [1.29, 1.82) is 0 Å². The van der Waals surface area contributed by atoms with E-state index in [0.29, 0.717) is 18.7 Å². The van der Waals surface area contributed by atoms with Crippen molar-refractivity contribution in [1.82, 2.24) is 9.80 Å². The fourth-order valence-electron chi connectivity index (χ4n) is 2.53. The molecule has 0 aliphatic carbocycles. The highest BCUT2D eigenvalue weighted by Crippen LogP contribution is 2.17. The van der Waals surface area contributed by atoms with Gasteiger partial charge in [0.1, 0.15) is 5.82 Å². The minimum absolute atomic E-state index is 0.165. The van der Waals surface area contributed by atoms with Gasteiger partial charge in [0.05, 0.1) is 18.8 Å². The molecule has 0 spiro atoms. The highest BCUT2D eigenvalue weighted by molar-refractivity contribution is 5.19. The lowest BCUT2D eigenvalue weighted by Crippen LogP contribution is -2.47. The monoisotopic (exact) mass is 282 g/mol. The summed E-state index contributed by atoms with van der Waals surface area (Å²) < 4.78 is 18.9. The molecule has 2 rings (SSSR count). The molecule has 5 heteroatoms. The molecule has 2 atom stereocenters. The molecule has 1 saturated heterocycles. The van der Waals surface area contributed by atoms with E-state index in [9.17, 15) is 9.50 Å². The van der Waals surface area contributed by atoms with Crippen molar-refractivity contribution in [2.45, 2.75) is 12.2 Å². The van der Waals surface area contributed by atoms with E-state index in [1.54, 1.807) is 12.1 Å². The van der Waals surface area contributed by atoms with Gasteiger partial charge in [-0.05, 0) is 31.8 Å². The van der Waals surface area contributed by atoms with Crippen LogP contribution in [0.4, 0.5) is 4.39 Å². The molecule has 1 fully saturated rings. The summed E-state index contributed by atoms with van der Waals surface area (Å²) in [4.78, 5) is 4.27. The number of aliphatic hydroxyl groups is 1. The third-order valence-corrected chi connectivity index (χ3v) is 3.46. The van der Waals surface area contributed by atoms with E-state index < -0.39 is 6.10 Å². The highest BCUT2D eigenvalue weighted by Gasteiger charge is 2.23. The van der Waals surface area contributed by atoms with Crippen LogP contribution in [-0.2, 0) is 4.74 Å². The number of hydrogen-bond acceptors (Lipinski definition) is 4. The lowest BCUT2D eigenvalue weighted by molar-refractivity contribution is -0.0489. The Morgan fingerprint density at radius 2 is 2.30 bits per heavy atom. The zero-order valence-corrected chi connectivity index (χ0v) is 12.1. The number of ether oxygens (including phenoxy) is 1. The van der Waals surface area contributed by atoms with Crippen LogP contribution in [0.5, 0.6) is 0 Å². The molecule has 1 aromatic rings. The van der Waals surface area contributed by atoms with E-state index in [-0.39, 0.29) is 11.9 Å². The van der Waals surface area contributed by atoms with Gasteiger partial charge in [0, 0.05) is 26.2 Å². The minimum atomic E-state index is -0.663. The van der Waals surface area contributed by atoms with Crippen LogP contribution in [-0.4, -0.2) is 67.9 Å². The highest BCUT2D eigenvalue weighted by atomic mass is 19.1. The Hall–Kier alpha value is -1.01. The zero-order valence-electron chi connectivity index (χ0n) is 12.1. The molecule has 1 heterocycles. The normalized spacial score (nSPS) is 22.1. The first-order valence-corrected chi connectivity index (χ1v) is 6.97. The van der Waals surface area contributed by atoms with Crippen molar-refractivity contribution in [3.05, 3.63) is 35.6 Å². The third-order valence-electron chi connectivity index (χ3n) is 3.46. The fraction of sp³-hybridized carbons (Fsp3) is 0.600. The van der Waals surface area contributed by atoms with Gasteiger partial charge in [0.2, 0.25) is 0 Å². The molecule has 0 bridgehead atoms. The van der Waals surface area contributed by atoms with Gasteiger partial charge in [-0.15, -0.1) is 0 Å². The maximum atomic E-state index is 13.2. The van der Waals surface area contributed by atoms with Crippen molar-refractivity contribution in [3.63, 3.8) is 0 Å². The van der Waals surface area contributed by atoms with Gasteiger partial charge in [0.25, 0.3) is 0 Å². The largest absolute Gasteiger partial charge is 0.387 e. The van der Waals surface area contributed by atoms with Crippen molar-refractivity contribution in [3.8, 4) is 0 Å². The molecule has 20 heavy (non-hydrogen) atoms. The van der Waals surface area contributed by atoms with Crippen molar-refractivity contribution in [2.75, 3.05) is 46.9 Å². The van der Waals surface area contributed by atoms with Crippen molar-refractivity contribution >= 4 is 0 Å². The number of morpholine rings is 1. The van der Waals surface area contributed by atoms with Gasteiger partial charge in [-0.1, -0.05) is 12.1 Å². The van der Waals surface area contributed by atoms with Gasteiger partial charge < -0.3 is 14.7 Å². The number of aliphatic hydroxyl groups excluding tert-OH is 1. The molecule has 0 aromatic heterocycles. The number of β-amino-alcohol motifs (C(OH)–C–C–N with tert-alkyl or cyclic N) is 1. The fourth-order valence-corrected chi connectivity index (χ4v) is 2.53. The Bertz CT molecular complexity index is 428. The smallest absolute Gasteiger partial charge is 0.123 e. The molecule has 1 N–H and O–H groups in total. The van der Waals surface area contributed by atoms with Crippen LogP contribution >= 0.6 is 0 Å². The van der Waals surface area contributed by atoms with Gasteiger partial charge in [-0.25, -0.2) is 4.39 Å². The molecule has 1 aliphatic rings. The Kier molecular flexibility index (Phi) is 5.48. The van der Waals surface area contributed by atoms with Crippen molar-refractivity contribution < 1.29 is 14.2 Å². The van der Waals surface area contributed by atoms with Crippen LogP contribution in [0.25, 0.3) is 0 Å². The molecule has 0 radical (unpaired) electrons. The van der Waals surface area contributed by atoms with Crippen LogP contribution in [0, 0.1) is 5.82 Å². The van der Waals surface area contributed by atoms with Crippen LogP contribution in [0.1, 0.15) is 11.7 Å². The first kappa shape index (κ1) is 15.4. The summed E-state index contributed by atoms with van der Waals surface area (Å²) in [5.74, 6) is -0.311. The Morgan fingerprint density at radius 1 is 1.50 bits per heavy atom. The molecular formula is C15H23FN2O2. The summed E-state index contributed by atoms with van der Waals surface area (Å²) in [5, 5.41) is 10.2. The second-order valence-electron chi connectivity index (χ2n) is 5.59. The maximum absolute atomic E-state index is 13.2. The lowest BCUT2D eigenvalue weighted by Gasteiger charge is -2.35. The van der Waals surface area contributed by atoms with E-state index in [4.69, 9.17) is 4.74 Å². The quantitative estimate of drug-likeness (QED) is 0.878. The zero-order chi connectivity index (χ0) is 14.5. The predicted molar refractivity (Wildman–Crippen MR) is 76.1 cm³/mol. The number of rotatable bonds is 5. The van der Waals surface area contributed by atoms with Crippen LogP contribution in [0.3, 0.4) is 0 Å². The first-order chi connectivity index (χ1) is 9.54. The average molecular weight is 282 g/mol. The van der Waals surface area contributed by atoms with Crippen LogP contribution in [0.2, 0.25) is 0 Å². The first-order valence-electron chi connectivity index (χ1n) is 6.97. The summed E-state index contributed by atoms with van der Waals surface area (Å²) in [6.45, 7) is 3.65. The number of hydrogen-bond donors (Lipinski definition) is 1. The summed E-state index contributed by atoms with van der Waals surface area (Å²) in [6.07, 6.45) is -0.498. The van der Waals surface area contributed by atoms with Gasteiger partial charge in [-0.3, -0.25) is 4.90 Å². The Morgan fingerprint density at radius 3 is 3.00 bits per heavy atom. The number of halogens is 1. The second kappa shape index (κ2) is 7.13. The van der Waals surface area contributed by atoms with E-state index in [0.717, 1.165) is 19.6 Å². The number of likely N-dealkylation sites (N-methyl/N-ethyl adjacent to an activating group) is 1. The van der Waals surface area contributed by atoms with Crippen LogP contribution < -0.4 is 0 Å². The molecule has 0 amide bonds. The van der Waals surface area contributed by atoms with E-state index in [1.165, 1.54) is 12.1 Å². The average Bonchev–Trinajstić information content (AvgIpc) is 2.38. The number of benzene rings is 1. The topological polar surface area (TPSA) is 35.9 Å². The van der Waals surface area contributed by atoms with Gasteiger partial charge >= 0.3 is 0 Å². The summed E-state index contributed by atoms with van der Waals surface area (Å²) in [6, 6.07) is 6.16. The molecule has 1 aromatic carbocycles. The maximum Gasteiger partial charge on any atom is 0.123 e. The summed E-state index contributed by atoms with van der Waals surface area (Å²) >= 11 is 0. The van der Waals surface area contributed by atoms with E-state index in [2.05, 4.69) is 9.80 Å². The van der Waals surface area contributed by atoms with Gasteiger partial charge in [0.15, 0.2) is 0 Å². The van der Waals surface area contributed by atoms with E-state index >= 15 is 0 Å². The molecule has 0 saturated carbocycles. The molecule has 1 aliphatic heterocycles. The Balaban J connectivity index is 1.89. The lowest BCUT2D eigenvalue weighted by atomic mass is 10.1. The minimum Gasteiger partial charge on any atom is -0.387 e. The molecular weight excluding hydrogens is 259 g/mol. The standard InChI is InChI=1S/C15H23FN2O2/c1-17(2)9-14-10-18(6-7-20-14)11-15(19)12-4-3-5-13(16)8-12/h3-5,8,14-15,19H,6-7,9-11H2,1-2H3/t14-,15-/m0/s1. The Labute approximate surface area is 119 Å². The summed E-state index contributed by atoms with van der Waals surface area (Å²) in [7, 11) is 4.04. The molecule has 112 valence electrons. The van der Waals surface area contributed by atoms with Crippen LogP contribution in [0.15, 0.2) is 24.3 Å². The molecule has 0 unspecified atom stereocenters.